The Morgan fingerprint density at radius 3 is 2.68 bits per heavy atom. The molecule has 1 aromatic heterocycles. The quantitative estimate of drug-likeness (QED) is 0.274. The molecule has 1 N–H and O–H groups in total. The van der Waals surface area contributed by atoms with E-state index in [1.807, 2.05) is 6.92 Å². The molecule has 0 bridgehead atoms. The summed E-state index contributed by atoms with van der Waals surface area (Å²) in [7, 11) is 0. The molecule has 0 saturated carbocycles. The number of carbonyl (C=O) groups is 2. The Hall–Kier alpha value is -2.94. The van der Waals surface area contributed by atoms with Crippen molar-refractivity contribution in [2.75, 3.05) is 18.5 Å². The Bertz CT molecular complexity index is 849. The van der Waals surface area contributed by atoms with Crippen LogP contribution in [0, 0.1) is 10.1 Å². The third-order valence-electron chi connectivity index (χ3n) is 3.75. The first-order valence-corrected chi connectivity index (χ1v) is 9.73. The highest BCUT2D eigenvalue weighted by Crippen LogP contribution is 2.30. The number of hydrogen-bond donors (Lipinski definition) is 1. The van der Waals surface area contributed by atoms with Crippen molar-refractivity contribution < 1.29 is 24.0 Å². The van der Waals surface area contributed by atoms with E-state index >= 15 is 0 Å². The minimum absolute atomic E-state index is 0.114. The molecule has 2 rings (SSSR count). The van der Waals surface area contributed by atoms with Crippen LogP contribution in [0.3, 0.4) is 0 Å². The molecule has 28 heavy (non-hydrogen) atoms. The van der Waals surface area contributed by atoms with Gasteiger partial charge in [0, 0.05) is 17.4 Å². The number of amides is 1. The number of nitro groups is 1. The van der Waals surface area contributed by atoms with Gasteiger partial charge in [-0.1, -0.05) is 19.1 Å². The van der Waals surface area contributed by atoms with Gasteiger partial charge >= 0.3 is 11.7 Å². The highest BCUT2D eigenvalue weighted by Gasteiger charge is 2.19. The SMILES string of the molecule is CCOC(=O)c1cc(CC)sc1NC(=O)CCCOc1ccccc1[N+](=O)[O-]. The van der Waals surface area contributed by atoms with E-state index in [0.29, 0.717) is 17.0 Å². The molecule has 0 aliphatic heterocycles. The van der Waals surface area contributed by atoms with Gasteiger partial charge < -0.3 is 14.8 Å². The van der Waals surface area contributed by atoms with E-state index in [9.17, 15) is 19.7 Å². The van der Waals surface area contributed by atoms with Gasteiger partial charge in [-0.25, -0.2) is 4.79 Å². The van der Waals surface area contributed by atoms with Crippen LogP contribution in [0.15, 0.2) is 30.3 Å². The second-order valence-electron chi connectivity index (χ2n) is 5.75. The minimum Gasteiger partial charge on any atom is -0.487 e. The summed E-state index contributed by atoms with van der Waals surface area (Å²) < 4.78 is 10.4. The lowest BCUT2D eigenvalue weighted by Crippen LogP contribution is -2.15. The number of ether oxygens (including phenoxy) is 2. The monoisotopic (exact) mass is 406 g/mol. The molecule has 0 atom stereocenters. The highest BCUT2D eigenvalue weighted by molar-refractivity contribution is 7.16. The summed E-state index contributed by atoms with van der Waals surface area (Å²) in [4.78, 5) is 35.7. The summed E-state index contributed by atoms with van der Waals surface area (Å²) >= 11 is 1.34. The first-order chi connectivity index (χ1) is 13.5. The van der Waals surface area contributed by atoms with Gasteiger partial charge in [0.1, 0.15) is 5.00 Å². The molecular formula is C19H22N2O6S. The van der Waals surface area contributed by atoms with Gasteiger partial charge in [-0.15, -0.1) is 11.3 Å². The Labute approximate surface area is 166 Å². The zero-order valence-corrected chi connectivity index (χ0v) is 16.5. The summed E-state index contributed by atoms with van der Waals surface area (Å²) in [6.07, 6.45) is 1.28. The van der Waals surface area contributed by atoms with Crippen molar-refractivity contribution in [3.63, 3.8) is 0 Å². The lowest BCUT2D eigenvalue weighted by molar-refractivity contribution is -0.385. The Balaban J connectivity index is 1.89. The molecule has 1 heterocycles. The summed E-state index contributed by atoms with van der Waals surface area (Å²) in [6, 6.07) is 7.82. The molecule has 8 nitrogen and oxygen atoms in total. The number of nitrogens with zero attached hydrogens (tertiary/aromatic N) is 1. The van der Waals surface area contributed by atoms with Crippen LogP contribution in [0.5, 0.6) is 5.75 Å². The number of anilines is 1. The van der Waals surface area contributed by atoms with Crippen molar-refractivity contribution in [2.45, 2.75) is 33.1 Å². The molecule has 0 spiro atoms. The van der Waals surface area contributed by atoms with Gasteiger partial charge in [-0.05, 0) is 31.9 Å². The van der Waals surface area contributed by atoms with Gasteiger partial charge in [-0.2, -0.15) is 0 Å². The zero-order chi connectivity index (χ0) is 20.5. The van der Waals surface area contributed by atoms with E-state index in [1.54, 1.807) is 25.1 Å². The number of nitro benzene ring substituents is 1. The van der Waals surface area contributed by atoms with Crippen molar-refractivity contribution in [3.8, 4) is 5.75 Å². The molecule has 150 valence electrons. The second-order valence-corrected chi connectivity index (χ2v) is 6.89. The number of rotatable bonds is 10. The molecule has 0 radical (unpaired) electrons. The molecule has 0 saturated heterocycles. The fraction of sp³-hybridized carbons (Fsp3) is 0.368. The maximum absolute atomic E-state index is 12.2. The molecule has 1 amide bonds. The summed E-state index contributed by atoms with van der Waals surface area (Å²) in [5, 5.41) is 14.2. The number of aryl methyl sites for hydroxylation is 1. The molecule has 1 aromatic carbocycles. The van der Waals surface area contributed by atoms with Crippen molar-refractivity contribution in [3.05, 3.63) is 50.9 Å². The smallest absolute Gasteiger partial charge is 0.341 e. The van der Waals surface area contributed by atoms with Crippen LogP contribution in [0.1, 0.15) is 41.9 Å². The Morgan fingerprint density at radius 2 is 2.00 bits per heavy atom. The van der Waals surface area contributed by atoms with Gasteiger partial charge in [0.25, 0.3) is 0 Å². The lowest BCUT2D eigenvalue weighted by Gasteiger charge is -2.08. The molecule has 0 aliphatic carbocycles. The summed E-state index contributed by atoms with van der Waals surface area (Å²) in [5.41, 5.74) is 0.241. The van der Waals surface area contributed by atoms with Crippen LogP contribution in [0.25, 0.3) is 0 Å². The van der Waals surface area contributed by atoms with E-state index in [-0.39, 0.29) is 37.0 Å². The van der Waals surface area contributed by atoms with Crippen LogP contribution in [-0.2, 0) is 16.0 Å². The van der Waals surface area contributed by atoms with Gasteiger partial charge in [0.15, 0.2) is 5.75 Å². The van der Waals surface area contributed by atoms with Crippen LogP contribution in [0.4, 0.5) is 10.7 Å². The van der Waals surface area contributed by atoms with E-state index in [2.05, 4.69) is 5.32 Å². The summed E-state index contributed by atoms with van der Waals surface area (Å²) in [5.74, 6) is -0.557. The standard InChI is InChI=1S/C19H22N2O6S/c1-3-13-12-14(19(23)26-4-2)18(28-13)20-17(22)10-7-11-27-16-9-6-5-8-15(16)21(24)25/h5-6,8-9,12H,3-4,7,10-11H2,1-2H3,(H,20,22). The lowest BCUT2D eigenvalue weighted by atomic mass is 10.2. The van der Waals surface area contributed by atoms with Crippen LogP contribution < -0.4 is 10.1 Å². The molecule has 0 unspecified atom stereocenters. The minimum atomic E-state index is -0.513. The Morgan fingerprint density at radius 1 is 1.25 bits per heavy atom. The number of benzene rings is 1. The number of carbonyl (C=O) groups excluding carboxylic acids is 2. The van der Waals surface area contributed by atoms with Crippen LogP contribution in [0.2, 0.25) is 0 Å². The van der Waals surface area contributed by atoms with E-state index in [1.165, 1.54) is 23.5 Å². The van der Waals surface area contributed by atoms with Gasteiger partial charge in [-0.3, -0.25) is 14.9 Å². The maximum atomic E-state index is 12.2. The molecule has 0 fully saturated rings. The van der Waals surface area contributed by atoms with Crippen molar-refractivity contribution in [1.29, 1.82) is 0 Å². The first-order valence-electron chi connectivity index (χ1n) is 8.92. The maximum Gasteiger partial charge on any atom is 0.341 e. The number of thiophene rings is 1. The molecule has 2 aromatic rings. The van der Waals surface area contributed by atoms with Crippen molar-refractivity contribution in [1.82, 2.24) is 0 Å². The number of hydrogen-bond acceptors (Lipinski definition) is 7. The van der Waals surface area contributed by atoms with Gasteiger partial charge in [0.05, 0.1) is 23.7 Å². The van der Waals surface area contributed by atoms with E-state index in [0.717, 1.165) is 11.3 Å². The number of esters is 1. The first kappa shape index (κ1) is 21.4. The number of nitrogens with one attached hydrogen (secondary N) is 1. The van der Waals surface area contributed by atoms with Crippen LogP contribution >= 0.6 is 11.3 Å². The molecule has 0 aliphatic rings. The van der Waals surface area contributed by atoms with E-state index in [4.69, 9.17) is 9.47 Å². The number of para-hydroxylation sites is 2. The summed E-state index contributed by atoms with van der Waals surface area (Å²) in [6.45, 7) is 4.10. The second kappa shape index (κ2) is 10.4. The van der Waals surface area contributed by atoms with Crippen molar-refractivity contribution in [2.24, 2.45) is 0 Å². The average molecular weight is 406 g/mol. The Kier molecular flexibility index (Phi) is 7.94. The highest BCUT2D eigenvalue weighted by atomic mass is 32.1. The largest absolute Gasteiger partial charge is 0.487 e. The average Bonchev–Trinajstić information content (AvgIpc) is 3.08. The van der Waals surface area contributed by atoms with Crippen molar-refractivity contribution >= 4 is 33.9 Å². The molecule has 9 heteroatoms. The van der Waals surface area contributed by atoms with E-state index < -0.39 is 10.9 Å². The third kappa shape index (κ3) is 5.78. The topological polar surface area (TPSA) is 108 Å². The predicted molar refractivity (Wildman–Crippen MR) is 106 cm³/mol. The normalized spacial score (nSPS) is 10.4. The fourth-order valence-electron chi connectivity index (χ4n) is 2.40. The zero-order valence-electron chi connectivity index (χ0n) is 15.7. The fourth-order valence-corrected chi connectivity index (χ4v) is 3.40. The van der Waals surface area contributed by atoms with Gasteiger partial charge in [0.2, 0.25) is 5.91 Å². The molecular weight excluding hydrogens is 384 g/mol. The third-order valence-corrected chi connectivity index (χ3v) is 4.94. The predicted octanol–water partition coefficient (Wildman–Crippen LogP) is 4.19. The van der Waals surface area contributed by atoms with Crippen LogP contribution in [-0.4, -0.2) is 30.0 Å².